The molecule has 0 aliphatic carbocycles. The molecular formula is C33H29N5O3S. The Morgan fingerprint density at radius 1 is 0.881 bits per heavy atom. The van der Waals surface area contributed by atoms with Crippen LogP contribution in [0.25, 0.3) is 17.0 Å². The van der Waals surface area contributed by atoms with E-state index >= 15 is 0 Å². The summed E-state index contributed by atoms with van der Waals surface area (Å²) in [5.41, 5.74) is 3.43. The lowest BCUT2D eigenvalue weighted by Crippen LogP contribution is -2.30. The molecule has 5 rings (SSSR count). The van der Waals surface area contributed by atoms with Crippen LogP contribution in [-0.4, -0.2) is 32.9 Å². The maximum Gasteiger partial charge on any atom is 0.272 e. The van der Waals surface area contributed by atoms with Gasteiger partial charge in [0.25, 0.3) is 11.8 Å². The van der Waals surface area contributed by atoms with E-state index in [1.165, 1.54) is 11.8 Å². The van der Waals surface area contributed by atoms with E-state index in [0.29, 0.717) is 23.4 Å². The lowest BCUT2D eigenvalue weighted by molar-refractivity contribution is -0.116. The molecule has 210 valence electrons. The molecule has 3 amide bonds. The van der Waals surface area contributed by atoms with Crippen LogP contribution in [0, 0.1) is 0 Å². The number of thioether (sulfide) groups is 1. The van der Waals surface area contributed by atoms with Crippen LogP contribution in [0.5, 0.6) is 0 Å². The smallest absolute Gasteiger partial charge is 0.272 e. The van der Waals surface area contributed by atoms with E-state index in [4.69, 9.17) is 0 Å². The number of para-hydroxylation sites is 1. The zero-order valence-corrected chi connectivity index (χ0v) is 23.7. The molecule has 0 spiro atoms. The Kier molecular flexibility index (Phi) is 9.10. The third kappa shape index (κ3) is 7.13. The first-order chi connectivity index (χ1) is 20.5. The number of pyridine rings is 1. The Bertz CT molecular complexity index is 1730. The standard InChI is InChI=1S/C33H29N5O3S/c1-2-30(33(41)36-24-15-17-34-18-16-24)42-26-12-8-11-25(20-26)37-32(40)29(38-31(39)22-9-4-3-5-10-22)19-23-21-35-28-14-7-6-13-27(23)28/h3-21,30,35H,2H2,1H3,(H,37,40)(H,38,39)(H,34,36,41)/b29-19-. The minimum Gasteiger partial charge on any atom is -0.361 e. The third-order valence-electron chi connectivity index (χ3n) is 6.43. The van der Waals surface area contributed by atoms with Crippen molar-refractivity contribution in [2.75, 3.05) is 10.6 Å². The van der Waals surface area contributed by atoms with Gasteiger partial charge in [-0.05, 0) is 61.0 Å². The summed E-state index contributed by atoms with van der Waals surface area (Å²) in [5, 5.41) is 9.19. The summed E-state index contributed by atoms with van der Waals surface area (Å²) in [6, 6.07) is 27.2. The van der Waals surface area contributed by atoms with Gasteiger partial charge >= 0.3 is 0 Å². The first kappa shape index (κ1) is 28.4. The molecule has 0 fully saturated rings. The molecule has 8 nitrogen and oxygen atoms in total. The zero-order chi connectivity index (χ0) is 29.3. The molecule has 0 radical (unpaired) electrons. The number of aromatic amines is 1. The Morgan fingerprint density at radius 3 is 2.43 bits per heavy atom. The summed E-state index contributed by atoms with van der Waals surface area (Å²) in [7, 11) is 0. The summed E-state index contributed by atoms with van der Waals surface area (Å²) in [5.74, 6) is -0.989. The number of aromatic nitrogens is 2. The Labute approximate surface area is 247 Å². The fourth-order valence-electron chi connectivity index (χ4n) is 4.30. The van der Waals surface area contributed by atoms with E-state index in [1.54, 1.807) is 67.1 Å². The molecule has 5 aromatic rings. The molecule has 42 heavy (non-hydrogen) atoms. The van der Waals surface area contributed by atoms with Gasteiger partial charge in [0.1, 0.15) is 5.70 Å². The number of rotatable bonds is 10. The minimum absolute atomic E-state index is 0.0924. The number of carbonyl (C=O) groups excluding carboxylic acids is 3. The number of amides is 3. The lowest BCUT2D eigenvalue weighted by Gasteiger charge is -2.16. The number of fused-ring (bicyclic) bond motifs is 1. The van der Waals surface area contributed by atoms with Crippen molar-refractivity contribution in [1.82, 2.24) is 15.3 Å². The normalized spacial score (nSPS) is 12.0. The quantitative estimate of drug-likeness (QED) is 0.112. The van der Waals surface area contributed by atoms with Gasteiger partial charge < -0.3 is 20.9 Å². The summed E-state index contributed by atoms with van der Waals surface area (Å²) >= 11 is 1.41. The van der Waals surface area contributed by atoms with Crippen molar-refractivity contribution < 1.29 is 14.4 Å². The lowest BCUT2D eigenvalue weighted by atomic mass is 10.1. The molecule has 3 aromatic carbocycles. The second-order valence-electron chi connectivity index (χ2n) is 9.39. The highest BCUT2D eigenvalue weighted by atomic mass is 32.2. The van der Waals surface area contributed by atoms with Crippen molar-refractivity contribution >= 4 is 57.8 Å². The van der Waals surface area contributed by atoms with Gasteiger partial charge in [-0.2, -0.15) is 0 Å². The van der Waals surface area contributed by atoms with Crippen molar-refractivity contribution in [2.24, 2.45) is 0 Å². The summed E-state index contributed by atoms with van der Waals surface area (Å²) < 4.78 is 0. The largest absolute Gasteiger partial charge is 0.361 e. The fourth-order valence-corrected chi connectivity index (χ4v) is 5.31. The Hall–Kier alpha value is -5.15. The molecule has 0 aliphatic rings. The van der Waals surface area contributed by atoms with Crippen LogP contribution in [0.4, 0.5) is 11.4 Å². The summed E-state index contributed by atoms with van der Waals surface area (Å²) in [4.78, 5) is 47.5. The molecule has 0 aliphatic heterocycles. The molecule has 0 saturated carbocycles. The monoisotopic (exact) mass is 575 g/mol. The predicted molar refractivity (Wildman–Crippen MR) is 168 cm³/mol. The van der Waals surface area contributed by atoms with Gasteiger partial charge in [0, 0.05) is 56.9 Å². The molecule has 2 heterocycles. The molecule has 4 N–H and O–H groups in total. The number of nitrogens with one attached hydrogen (secondary N) is 4. The SMILES string of the molecule is CCC(Sc1cccc(NC(=O)/C(=C/c2c[nH]c3ccccc23)NC(=O)c2ccccc2)c1)C(=O)Nc1ccncc1. The molecule has 0 bridgehead atoms. The van der Waals surface area contributed by atoms with Gasteiger partial charge in [-0.1, -0.05) is 49.4 Å². The van der Waals surface area contributed by atoms with Gasteiger partial charge in [0.05, 0.1) is 5.25 Å². The third-order valence-corrected chi connectivity index (χ3v) is 7.79. The average molecular weight is 576 g/mol. The van der Waals surface area contributed by atoms with Crippen molar-refractivity contribution in [1.29, 1.82) is 0 Å². The van der Waals surface area contributed by atoms with E-state index in [0.717, 1.165) is 21.4 Å². The molecule has 0 saturated heterocycles. The van der Waals surface area contributed by atoms with E-state index in [-0.39, 0.29) is 16.9 Å². The topological polar surface area (TPSA) is 116 Å². The Balaban J connectivity index is 1.35. The maximum atomic E-state index is 13.6. The van der Waals surface area contributed by atoms with E-state index < -0.39 is 11.8 Å². The maximum absolute atomic E-state index is 13.6. The number of carbonyl (C=O) groups is 3. The molecular weight excluding hydrogens is 546 g/mol. The number of anilines is 2. The zero-order valence-electron chi connectivity index (χ0n) is 22.8. The molecule has 2 aromatic heterocycles. The molecule has 1 atom stereocenters. The van der Waals surface area contributed by atoms with Crippen molar-refractivity contribution in [3.05, 3.63) is 126 Å². The highest BCUT2D eigenvalue weighted by Gasteiger charge is 2.20. The van der Waals surface area contributed by atoms with Crippen molar-refractivity contribution in [3.63, 3.8) is 0 Å². The first-order valence-corrected chi connectivity index (χ1v) is 14.3. The minimum atomic E-state index is -0.478. The van der Waals surface area contributed by atoms with E-state index in [2.05, 4.69) is 25.9 Å². The van der Waals surface area contributed by atoms with Crippen LogP contribution in [0.15, 0.2) is 120 Å². The number of hydrogen-bond donors (Lipinski definition) is 4. The predicted octanol–water partition coefficient (Wildman–Crippen LogP) is 6.48. The highest BCUT2D eigenvalue weighted by molar-refractivity contribution is 8.00. The van der Waals surface area contributed by atoms with E-state index in [1.807, 2.05) is 55.5 Å². The van der Waals surface area contributed by atoms with Crippen LogP contribution >= 0.6 is 11.8 Å². The van der Waals surface area contributed by atoms with Crippen LogP contribution in [-0.2, 0) is 9.59 Å². The van der Waals surface area contributed by atoms with Gasteiger partial charge in [0.15, 0.2) is 0 Å². The van der Waals surface area contributed by atoms with Gasteiger partial charge in [0.2, 0.25) is 5.91 Å². The molecule has 9 heteroatoms. The van der Waals surface area contributed by atoms with Crippen LogP contribution in [0.3, 0.4) is 0 Å². The fraction of sp³-hybridized carbons (Fsp3) is 0.0909. The van der Waals surface area contributed by atoms with Crippen LogP contribution in [0.2, 0.25) is 0 Å². The number of benzene rings is 3. The van der Waals surface area contributed by atoms with Crippen LogP contribution in [0.1, 0.15) is 29.3 Å². The van der Waals surface area contributed by atoms with Gasteiger partial charge in [-0.3, -0.25) is 19.4 Å². The van der Waals surface area contributed by atoms with E-state index in [9.17, 15) is 14.4 Å². The number of nitrogens with zero attached hydrogens (tertiary/aromatic N) is 1. The van der Waals surface area contributed by atoms with Crippen LogP contribution < -0.4 is 16.0 Å². The summed E-state index contributed by atoms with van der Waals surface area (Å²) in [6.07, 6.45) is 7.32. The van der Waals surface area contributed by atoms with Crippen molar-refractivity contribution in [2.45, 2.75) is 23.5 Å². The van der Waals surface area contributed by atoms with Crippen molar-refractivity contribution in [3.8, 4) is 0 Å². The number of H-pyrrole nitrogens is 1. The van der Waals surface area contributed by atoms with Gasteiger partial charge in [-0.15, -0.1) is 11.8 Å². The average Bonchev–Trinajstić information content (AvgIpc) is 3.43. The summed E-state index contributed by atoms with van der Waals surface area (Å²) in [6.45, 7) is 1.95. The Morgan fingerprint density at radius 2 is 1.64 bits per heavy atom. The number of hydrogen-bond acceptors (Lipinski definition) is 5. The second kappa shape index (κ2) is 13.5. The van der Waals surface area contributed by atoms with Gasteiger partial charge in [-0.25, -0.2) is 0 Å². The first-order valence-electron chi connectivity index (χ1n) is 13.4. The second-order valence-corrected chi connectivity index (χ2v) is 10.7. The molecule has 1 unspecified atom stereocenters. The highest BCUT2D eigenvalue weighted by Crippen LogP contribution is 2.29.